The zero-order chi connectivity index (χ0) is 37.3. The van der Waals surface area contributed by atoms with Crippen LogP contribution in [0, 0.1) is 10.8 Å². The number of benzene rings is 6. The maximum Gasteiger partial charge on any atom is 0.160 e. The molecule has 0 unspecified atom stereocenters. The molecule has 0 radical (unpaired) electrons. The minimum atomic E-state index is -0.0729. The van der Waals surface area contributed by atoms with Crippen molar-refractivity contribution in [3.05, 3.63) is 186 Å². The summed E-state index contributed by atoms with van der Waals surface area (Å²) in [6.45, 7) is 4.62. The Morgan fingerprint density at radius 3 is 1.87 bits per heavy atom. The van der Waals surface area contributed by atoms with Gasteiger partial charge in [-0.3, -0.25) is 10.8 Å². The molecule has 5 nitrogen and oxygen atoms in total. The molecule has 5 heteroatoms. The predicted molar refractivity (Wildman–Crippen MR) is 226 cm³/mol. The summed E-state index contributed by atoms with van der Waals surface area (Å²) < 4.78 is 0. The second-order valence-corrected chi connectivity index (χ2v) is 14.8. The van der Waals surface area contributed by atoms with E-state index in [1.165, 1.54) is 27.8 Å². The lowest BCUT2D eigenvalue weighted by atomic mass is 9.81. The molecule has 55 heavy (non-hydrogen) atoms. The third-order valence-electron chi connectivity index (χ3n) is 11.2. The summed E-state index contributed by atoms with van der Waals surface area (Å²) in [6.07, 6.45) is 2.00. The smallest absolute Gasteiger partial charge is 0.160 e. The molecule has 2 aromatic heterocycles. The van der Waals surface area contributed by atoms with Crippen molar-refractivity contribution in [2.24, 2.45) is 0 Å². The molecule has 0 saturated heterocycles. The van der Waals surface area contributed by atoms with Crippen LogP contribution in [0.15, 0.2) is 158 Å². The molecule has 0 bridgehead atoms. The van der Waals surface area contributed by atoms with Gasteiger partial charge in [-0.25, -0.2) is 15.0 Å². The van der Waals surface area contributed by atoms with Crippen LogP contribution >= 0.6 is 0 Å². The highest BCUT2D eigenvalue weighted by atomic mass is 14.9. The SMILES string of the molecule is CC1(C)c2ccccc2-c2ccc(-c3ccc(-c4cc(C5=Cc6c(-c7ccccc7)nc7ccccc7c6C(=N)C5=N)nc(-c5ccccc5)n4)cc3)cc21. The van der Waals surface area contributed by atoms with E-state index in [1.54, 1.807) is 0 Å². The number of nitrogens with zero attached hydrogens (tertiary/aromatic N) is 3. The van der Waals surface area contributed by atoms with E-state index in [1.807, 2.05) is 97.1 Å². The lowest BCUT2D eigenvalue weighted by Gasteiger charge is -2.23. The first-order valence-electron chi connectivity index (χ1n) is 18.5. The van der Waals surface area contributed by atoms with Crippen LogP contribution in [0.3, 0.4) is 0 Å². The van der Waals surface area contributed by atoms with Crippen LogP contribution in [0.2, 0.25) is 0 Å². The molecule has 2 aliphatic carbocycles. The Morgan fingerprint density at radius 1 is 0.473 bits per heavy atom. The van der Waals surface area contributed by atoms with Gasteiger partial charge in [-0.2, -0.15) is 0 Å². The Hall–Kier alpha value is -7.11. The zero-order valence-electron chi connectivity index (χ0n) is 30.4. The number of pyridine rings is 1. The standard InChI is InChI=1S/C50H35N5/c1-50(2)40-19-11-9-17-35(40)36-26-25-34(27-41(36)50)30-21-23-31(24-22-30)43-29-44(55-49(54-43)33-15-7-4-8-16-33)38-28-39-45(47(52)46(38)51)37-18-10-12-20-42(37)53-48(39)32-13-5-3-6-14-32/h3-29,51-52H,1-2H3. The zero-order valence-corrected chi connectivity index (χ0v) is 30.4. The van der Waals surface area contributed by atoms with Gasteiger partial charge in [-0.15, -0.1) is 0 Å². The highest BCUT2D eigenvalue weighted by molar-refractivity contribution is 6.64. The molecule has 0 fully saturated rings. The summed E-state index contributed by atoms with van der Waals surface area (Å²) in [5.74, 6) is 0.559. The van der Waals surface area contributed by atoms with Crippen molar-refractivity contribution < 1.29 is 0 Å². The van der Waals surface area contributed by atoms with Gasteiger partial charge < -0.3 is 0 Å². The molecule has 260 valence electrons. The van der Waals surface area contributed by atoms with Crippen LogP contribution in [0.4, 0.5) is 0 Å². The minimum Gasteiger partial charge on any atom is -0.298 e. The quantitative estimate of drug-likeness (QED) is 0.187. The van der Waals surface area contributed by atoms with Crippen LogP contribution < -0.4 is 0 Å². The Labute approximate surface area is 319 Å². The van der Waals surface area contributed by atoms with Crippen LogP contribution in [0.5, 0.6) is 0 Å². The summed E-state index contributed by atoms with van der Waals surface area (Å²) in [7, 11) is 0. The van der Waals surface area contributed by atoms with E-state index < -0.39 is 0 Å². The fourth-order valence-corrected chi connectivity index (χ4v) is 8.30. The number of hydrogen-bond donors (Lipinski definition) is 2. The average molecular weight is 706 g/mol. The third-order valence-corrected chi connectivity index (χ3v) is 11.2. The van der Waals surface area contributed by atoms with Gasteiger partial charge in [0.15, 0.2) is 5.82 Å². The molecule has 8 aromatic rings. The molecule has 0 aliphatic heterocycles. The number of fused-ring (bicyclic) bond motifs is 6. The van der Waals surface area contributed by atoms with E-state index in [4.69, 9.17) is 15.0 Å². The van der Waals surface area contributed by atoms with Gasteiger partial charge in [0, 0.05) is 44.2 Å². The second-order valence-electron chi connectivity index (χ2n) is 14.8. The maximum atomic E-state index is 9.41. The first kappa shape index (κ1) is 32.5. The van der Waals surface area contributed by atoms with Crippen LogP contribution in [0.25, 0.3) is 78.7 Å². The van der Waals surface area contributed by atoms with Crippen molar-refractivity contribution in [2.45, 2.75) is 19.3 Å². The normalized spacial score (nSPS) is 14.0. The minimum absolute atomic E-state index is 0.0729. The van der Waals surface area contributed by atoms with Gasteiger partial charge in [0.05, 0.1) is 34.0 Å². The molecule has 10 rings (SSSR count). The van der Waals surface area contributed by atoms with Gasteiger partial charge >= 0.3 is 0 Å². The largest absolute Gasteiger partial charge is 0.298 e. The lowest BCUT2D eigenvalue weighted by Crippen LogP contribution is -2.22. The van der Waals surface area contributed by atoms with Crippen molar-refractivity contribution in [3.8, 4) is 56.2 Å². The molecule has 2 N–H and O–H groups in total. The maximum absolute atomic E-state index is 9.41. The summed E-state index contributed by atoms with van der Waals surface area (Å²) >= 11 is 0. The molecule has 0 amide bonds. The van der Waals surface area contributed by atoms with Crippen LogP contribution in [-0.4, -0.2) is 26.4 Å². The summed E-state index contributed by atoms with van der Waals surface area (Å²) in [5.41, 5.74) is 15.6. The second kappa shape index (κ2) is 12.5. The van der Waals surface area contributed by atoms with E-state index in [0.717, 1.165) is 50.1 Å². The summed E-state index contributed by atoms with van der Waals surface area (Å²) in [4.78, 5) is 15.2. The van der Waals surface area contributed by atoms with E-state index in [0.29, 0.717) is 22.7 Å². The molecule has 0 saturated carbocycles. The van der Waals surface area contributed by atoms with Crippen molar-refractivity contribution in [2.75, 3.05) is 0 Å². The van der Waals surface area contributed by atoms with E-state index in [9.17, 15) is 10.8 Å². The summed E-state index contributed by atoms with van der Waals surface area (Å²) in [6, 6.07) is 53.9. The molecule has 6 aromatic carbocycles. The molecule has 0 spiro atoms. The molecule has 0 atom stereocenters. The number of hydrogen-bond acceptors (Lipinski definition) is 5. The highest BCUT2D eigenvalue weighted by Gasteiger charge is 2.35. The topological polar surface area (TPSA) is 86.4 Å². The highest BCUT2D eigenvalue weighted by Crippen LogP contribution is 2.49. The number of allylic oxidation sites excluding steroid dienone is 1. The fourth-order valence-electron chi connectivity index (χ4n) is 8.30. The Kier molecular flexibility index (Phi) is 7.39. The van der Waals surface area contributed by atoms with E-state index in [2.05, 4.69) is 80.6 Å². The number of nitrogens with one attached hydrogen (secondary N) is 2. The van der Waals surface area contributed by atoms with Crippen LogP contribution in [-0.2, 0) is 5.41 Å². The van der Waals surface area contributed by atoms with Gasteiger partial charge in [-0.05, 0) is 57.7 Å². The van der Waals surface area contributed by atoms with E-state index in [-0.39, 0.29) is 16.8 Å². The fraction of sp³-hybridized carbons (Fsp3) is 0.0600. The van der Waals surface area contributed by atoms with Gasteiger partial charge in [0.25, 0.3) is 0 Å². The number of aromatic nitrogens is 3. The van der Waals surface area contributed by atoms with Crippen molar-refractivity contribution in [1.29, 1.82) is 10.8 Å². The predicted octanol–water partition coefficient (Wildman–Crippen LogP) is 11.9. The summed E-state index contributed by atoms with van der Waals surface area (Å²) in [5, 5.41) is 19.7. The first-order chi connectivity index (χ1) is 26.8. The van der Waals surface area contributed by atoms with Gasteiger partial charge in [0.2, 0.25) is 0 Å². The Bertz CT molecular complexity index is 2910. The Morgan fingerprint density at radius 2 is 1.09 bits per heavy atom. The lowest BCUT2D eigenvalue weighted by molar-refractivity contribution is 0.660. The average Bonchev–Trinajstić information content (AvgIpc) is 3.47. The Balaban J connectivity index is 1.10. The molecular weight excluding hydrogens is 671 g/mol. The molecule has 2 heterocycles. The van der Waals surface area contributed by atoms with Gasteiger partial charge in [-0.1, -0.05) is 153 Å². The third kappa shape index (κ3) is 5.27. The molecule has 2 aliphatic rings. The first-order valence-corrected chi connectivity index (χ1v) is 18.5. The van der Waals surface area contributed by atoms with Gasteiger partial charge in [0.1, 0.15) is 0 Å². The van der Waals surface area contributed by atoms with E-state index >= 15 is 0 Å². The molecular formula is C50H35N5. The number of para-hydroxylation sites is 1. The monoisotopic (exact) mass is 705 g/mol. The number of rotatable bonds is 5. The van der Waals surface area contributed by atoms with Crippen LogP contribution in [0.1, 0.15) is 41.8 Å². The van der Waals surface area contributed by atoms with Crippen molar-refractivity contribution in [3.63, 3.8) is 0 Å². The van der Waals surface area contributed by atoms with Crippen molar-refractivity contribution >= 4 is 34.0 Å². The van der Waals surface area contributed by atoms with Crippen molar-refractivity contribution in [1.82, 2.24) is 15.0 Å².